The van der Waals surface area contributed by atoms with E-state index < -0.39 is 11.7 Å². The minimum atomic E-state index is -4.41. The van der Waals surface area contributed by atoms with Gasteiger partial charge in [0.2, 0.25) is 11.7 Å². The molecule has 4 aromatic heterocycles. The Hall–Kier alpha value is -2.96. The van der Waals surface area contributed by atoms with Gasteiger partial charge in [-0.25, -0.2) is 4.98 Å². The fourth-order valence-electron chi connectivity index (χ4n) is 2.98. The van der Waals surface area contributed by atoms with E-state index in [-0.39, 0.29) is 23.0 Å². The van der Waals surface area contributed by atoms with Crippen LogP contribution >= 0.6 is 34.4 Å². The summed E-state index contributed by atoms with van der Waals surface area (Å²) in [4.78, 5) is 25.8. The molecule has 162 valence electrons. The monoisotopic (exact) mass is 492 g/mol. The third-order valence-corrected chi connectivity index (χ3v) is 7.11. The molecule has 0 atom stereocenters. The first-order valence-corrected chi connectivity index (χ1v) is 11.8. The Morgan fingerprint density at radius 2 is 1.91 bits per heavy atom. The maximum Gasteiger partial charge on any atom is 0.416 e. The van der Waals surface area contributed by atoms with Crippen LogP contribution in [0.5, 0.6) is 0 Å². The van der Waals surface area contributed by atoms with Crippen molar-refractivity contribution in [2.75, 3.05) is 0 Å². The fourth-order valence-corrected chi connectivity index (χ4v) is 5.50. The molecular formula is C20H11F3N4O2S3. The van der Waals surface area contributed by atoms with Gasteiger partial charge in [0.15, 0.2) is 5.16 Å². The SMILES string of the molecule is O=c1[nH]c(SCc2nc(-c3ccc(C(F)(F)F)cc3)no2)nc2scc(-c3cccs3)c12. The van der Waals surface area contributed by atoms with Gasteiger partial charge < -0.3 is 9.51 Å². The lowest BCUT2D eigenvalue weighted by atomic mass is 10.1. The van der Waals surface area contributed by atoms with Gasteiger partial charge in [-0.3, -0.25) is 4.79 Å². The zero-order chi connectivity index (χ0) is 22.3. The van der Waals surface area contributed by atoms with Crippen LogP contribution in [0.15, 0.2) is 61.6 Å². The van der Waals surface area contributed by atoms with Gasteiger partial charge in [-0.2, -0.15) is 18.2 Å². The fraction of sp³-hybridized carbons (Fsp3) is 0.100. The van der Waals surface area contributed by atoms with Crippen molar-refractivity contribution in [3.63, 3.8) is 0 Å². The van der Waals surface area contributed by atoms with E-state index in [0.717, 1.165) is 22.6 Å². The van der Waals surface area contributed by atoms with E-state index in [1.165, 1.54) is 35.2 Å². The first kappa shape index (κ1) is 20.9. The molecule has 0 saturated heterocycles. The molecule has 5 rings (SSSR count). The van der Waals surface area contributed by atoms with Crippen molar-refractivity contribution in [1.29, 1.82) is 0 Å². The number of rotatable bonds is 5. The Balaban J connectivity index is 1.32. The van der Waals surface area contributed by atoms with Crippen LogP contribution in [0.25, 0.3) is 32.0 Å². The number of thioether (sulfide) groups is 1. The van der Waals surface area contributed by atoms with Crippen molar-refractivity contribution in [3.8, 4) is 21.8 Å². The predicted molar refractivity (Wildman–Crippen MR) is 118 cm³/mol. The van der Waals surface area contributed by atoms with E-state index >= 15 is 0 Å². The number of halogens is 3. The molecular weight excluding hydrogens is 481 g/mol. The summed E-state index contributed by atoms with van der Waals surface area (Å²) in [5, 5.41) is 8.66. The van der Waals surface area contributed by atoms with Crippen molar-refractivity contribution in [2.45, 2.75) is 17.1 Å². The lowest BCUT2D eigenvalue weighted by Crippen LogP contribution is -2.08. The molecule has 0 radical (unpaired) electrons. The Morgan fingerprint density at radius 3 is 2.62 bits per heavy atom. The van der Waals surface area contributed by atoms with Crippen LogP contribution in [0.1, 0.15) is 11.5 Å². The first-order chi connectivity index (χ1) is 15.4. The van der Waals surface area contributed by atoms with Crippen LogP contribution in [0.3, 0.4) is 0 Å². The highest BCUT2D eigenvalue weighted by Crippen LogP contribution is 2.34. The molecule has 0 aliphatic heterocycles. The lowest BCUT2D eigenvalue weighted by molar-refractivity contribution is -0.137. The number of benzene rings is 1. The van der Waals surface area contributed by atoms with Crippen molar-refractivity contribution < 1.29 is 17.7 Å². The van der Waals surface area contributed by atoms with Gasteiger partial charge in [-0.1, -0.05) is 35.1 Å². The second kappa shape index (κ2) is 8.19. The molecule has 0 spiro atoms. The quantitative estimate of drug-likeness (QED) is 0.237. The summed E-state index contributed by atoms with van der Waals surface area (Å²) in [6, 6.07) is 8.40. The first-order valence-electron chi connectivity index (χ1n) is 9.07. The number of hydrogen-bond acceptors (Lipinski definition) is 8. The number of aromatic amines is 1. The molecule has 0 aliphatic rings. The van der Waals surface area contributed by atoms with Crippen LogP contribution in [0.2, 0.25) is 0 Å². The van der Waals surface area contributed by atoms with Gasteiger partial charge >= 0.3 is 6.18 Å². The zero-order valence-electron chi connectivity index (χ0n) is 15.8. The standard InChI is InChI=1S/C20H11F3N4O2S3/c21-20(22,23)11-5-3-10(4-6-11)16-24-14(29-27-16)9-32-19-25-17(28)15-12(8-31-18(15)26-19)13-2-1-7-30-13/h1-8H,9H2,(H,25,26,28). The van der Waals surface area contributed by atoms with E-state index in [4.69, 9.17) is 4.52 Å². The molecule has 32 heavy (non-hydrogen) atoms. The number of aromatic nitrogens is 4. The minimum absolute atomic E-state index is 0.185. The molecule has 1 aromatic carbocycles. The summed E-state index contributed by atoms with van der Waals surface area (Å²) < 4.78 is 43.3. The second-order valence-corrected chi connectivity index (χ2v) is 9.32. The van der Waals surface area contributed by atoms with E-state index in [0.29, 0.717) is 20.9 Å². The Morgan fingerprint density at radius 1 is 1.09 bits per heavy atom. The van der Waals surface area contributed by atoms with Crippen molar-refractivity contribution in [3.05, 3.63) is 69.0 Å². The smallest absolute Gasteiger partial charge is 0.338 e. The highest BCUT2D eigenvalue weighted by atomic mass is 32.2. The number of nitrogens with zero attached hydrogens (tertiary/aromatic N) is 3. The second-order valence-electron chi connectivity index (χ2n) is 6.55. The van der Waals surface area contributed by atoms with E-state index in [1.54, 1.807) is 11.3 Å². The third-order valence-electron chi connectivity index (χ3n) is 4.48. The maximum atomic E-state index is 12.7. The summed E-state index contributed by atoms with van der Waals surface area (Å²) in [6.45, 7) is 0. The van der Waals surface area contributed by atoms with E-state index in [9.17, 15) is 18.0 Å². The molecule has 0 fully saturated rings. The van der Waals surface area contributed by atoms with Crippen molar-refractivity contribution >= 4 is 44.7 Å². The maximum absolute atomic E-state index is 12.7. The van der Waals surface area contributed by atoms with E-state index in [1.807, 2.05) is 22.9 Å². The number of thiophene rings is 2. The highest BCUT2D eigenvalue weighted by Gasteiger charge is 2.30. The van der Waals surface area contributed by atoms with Gasteiger partial charge in [0, 0.05) is 21.4 Å². The minimum Gasteiger partial charge on any atom is -0.338 e. The Labute approximate surface area is 190 Å². The summed E-state index contributed by atoms with van der Waals surface area (Å²) in [5.74, 6) is 0.689. The number of nitrogens with one attached hydrogen (secondary N) is 1. The average molecular weight is 493 g/mol. The number of H-pyrrole nitrogens is 1. The normalized spacial score (nSPS) is 12.0. The topological polar surface area (TPSA) is 84.7 Å². The van der Waals surface area contributed by atoms with Crippen LogP contribution < -0.4 is 5.56 Å². The van der Waals surface area contributed by atoms with Gasteiger partial charge in [-0.15, -0.1) is 22.7 Å². The third kappa shape index (κ3) is 4.08. The van der Waals surface area contributed by atoms with Crippen molar-refractivity contribution in [1.82, 2.24) is 20.1 Å². The van der Waals surface area contributed by atoms with Crippen LogP contribution in [-0.2, 0) is 11.9 Å². The molecule has 4 heterocycles. The summed E-state index contributed by atoms with van der Waals surface area (Å²) >= 11 is 4.17. The molecule has 0 unspecified atom stereocenters. The Bertz CT molecular complexity index is 1440. The molecule has 6 nitrogen and oxygen atoms in total. The summed E-state index contributed by atoms with van der Waals surface area (Å²) in [5.41, 5.74) is 0.300. The summed E-state index contributed by atoms with van der Waals surface area (Å²) in [6.07, 6.45) is -4.41. The lowest BCUT2D eigenvalue weighted by Gasteiger charge is -2.05. The molecule has 1 N–H and O–H groups in total. The van der Waals surface area contributed by atoms with Crippen LogP contribution in [0.4, 0.5) is 13.2 Å². The van der Waals surface area contributed by atoms with Crippen molar-refractivity contribution in [2.24, 2.45) is 0 Å². The molecule has 0 saturated carbocycles. The Kier molecular flexibility index (Phi) is 5.35. The van der Waals surface area contributed by atoms with Gasteiger partial charge in [0.05, 0.1) is 16.7 Å². The highest BCUT2D eigenvalue weighted by molar-refractivity contribution is 7.98. The summed E-state index contributed by atoms with van der Waals surface area (Å²) in [7, 11) is 0. The van der Waals surface area contributed by atoms with Gasteiger partial charge in [-0.05, 0) is 23.6 Å². The largest absolute Gasteiger partial charge is 0.416 e. The van der Waals surface area contributed by atoms with Gasteiger partial charge in [0.25, 0.3) is 5.56 Å². The van der Waals surface area contributed by atoms with Gasteiger partial charge in [0.1, 0.15) is 4.83 Å². The molecule has 5 aromatic rings. The zero-order valence-corrected chi connectivity index (χ0v) is 18.3. The number of alkyl halides is 3. The number of fused-ring (bicyclic) bond motifs is 1. The van der Waals surface area contributed by atoms with Crippen LogP contribution in [0, 0.1) is 0 Å². The number of hydrogen-bond donors (Lipinski definition) is 1. The molecule has 0 bridgehead atoms. The van der Waals surface area contributed by atoms with Crippen LogP contribution in [-0.4, -0.2) is 20.1 Å². The molecule has 12 heteroatoms. The average Bonchev–Trinajstić information content (AvgIpc) is 3.51. The molecule has 0 aliphatic carbocycles. The molecule has 0 amide bonds. The van der Waals surface area contributed by atoms with E-state index in [2.05, 4.69) is 20.1 Å². The predicted octanol–water partition coefficient (Wildman–Crippen LogP) is 6.07.